The Bertz CT molecular complexity index is 294. The van der Waals surface area contributed by atoms with E-state index in [2.05, 4.69) is 6.58 Å². The first-order chi connectivity index (χ1) is 5.16. The van der Waals surface area contributed by atoms with Crippen LogP contribution in [-0.2, 0) is 0 Å². The molecule has 0 aliphatic heterocycles. The molecule has 0 atom stereocenters. The topological polar surface area (TPSA) is 20.2 Å². The van der Waals surface area contributed by atoms with Crippen LogP contribution in [0.1, 0.15) is 5.56 Å². The fourth-order valence-electron chi connectivity index (χ4n) is 0.745. The van der Waals surface area contributed by atoms with Crippen molar-refractivity contribution in [3.63, 3.8) is 0 Å². The van der Waals surface area contributed by atoms with Gasteiger partial charge in [0.2, 0.25) is 0 Å². The lowest BCUT2D eigenvalue weighted by Crippen LogP contribution is -1.87. The summed E-state index contributed by atoms with van der Waals surface area (Å²) in [5.41, 5.74) is -0.301. The van der Waals surface area contributed by atoms with Gasteiger partial charge in [-0.05, 0) is 12.1 Å². The number of hydrogen-bond donors (Lipinski definition) is 1. The summed E-state index contributed by atoms with van der Waals surface area (Å²) in [7, 11) is 0. The van der Waals surface area contributed by atoms with E-state index in [1.807, 2.05) is 0 Å². The summed E-state index contributed by atoms with van der Waals surface area (Å²) in [4.78, 5) is 0. The molecule has 0 spiro atoms. The highest BCUT2D eigenvalue weighted by atomic mass is 19.1. The van der Waals surface area contributed by atoms with Crippen molar-refractivity contribution in [2.24, 2.45) is 0 Å². The Kier molecular flexibility index (Phi) is 1.89. The largest absolute Gasteiger partial charge is 0.505 e. The SMILES string of the molecule is C=Cc1c(F)ccc(O)c1F. The summed E-state index contributed by atoms with van der Waals surface area (Å²) in [6.07, 6.45) is 1.02. The predicted octanol–water partition coefficient (Wildman–Crippen LogP) is 2.31. The van der Waals surface area contributed by atoms with Crippen LogP contribution in [0.25, 0.3) is 6.08 Å². The molecular formula is C8H6F2O. The van der Waals surface area contributed by atoms with Crippen LogP contribution < -0.4 is 0 Å². The Morgan fingerprint density at radius 3 is 2.45 bits per heavy atom. The number of rotatable bonds is 1. The van der Waals surface area contributed by atoms with Crippen molar-refractivity contribution in [3.05, 3.63) is 35.9 Å². The monoisotopic (exact) mass is 156 g/mol. The van der Waals surface area contributed by atoms with Gasteiger partial charge in [0.25, 0.3) is 0 Å². The summed E-state index contributed by atoms with van der Waals surface area (Å²) >= 11 is 0. The molecule has 0 aliphatic carbocycles. The first-order valence-corrected chi connectivity index (χ1v) is 2.96. The number of phenolic OH excluding ortho intramolecular Hbond substituents is 1. The maximum Gasteiger partial charge on any atom is 0.174 e. The predicted molar refractivity (Wildman–Crippen MR) is 38.1 cm³/mol. The van der Waals surface area contributed by atoms with Gasteiger partial charge in [-0.1, -0.05) is 12.7 Å². The lowest BCUT2D eigenvalue weighted by molar-refractivity contribution is 0.427. The first kappa shape index (κ1) is 7.72. The molecule has 0 fully saturated rings. The normalized spacial score (nSPS) is 9.64. The molecule has 11 heavy (non-hydrogen) atoms. The Morgan fingerprint density at radius 1 is 1.36 bits per heavy atom. The number of benzene rings is 1. The zero-order chi connectivity index (χ0) is 8.43. The lowest BCUT2D eigenvalue weighted by Gasteiger charge is -1.99. The van der Waals surface area contributed by atoms with Gasteiger partial charge in [-0.3, -0.25) is 0 Å². The molecule has 0 radical (unpaired) electrons. The molecule has 0 bridgehead atoms. The summed E-state index contributed by atoms with van der Waals surface area (Å²) in [6.45, 7) is 3.20. The van der Waals surface area contributed by atoms with Crippen LogP contribution in [0.2, 0.25) is 0 Å². The standard InChI is InChI=1S/C8H6F2O/c1-2-5-6(9)3-4-7(11)8(5)10/h2-4,11H,1H2. The molecule has 0 aromatic heterocycles. The van der Waals surface area contributed by atoms with Crippen molar-refractivity contribution in [3.8, 4) is 5.75 Å². The van der Waals surface area contributed by atoms with Crippen molar-refractivity contribution in [1.29, 1.82) is 0 Å². The summed E-state index contributed by atoms with van der Waals surface area (Å²) in [5, 5.41) is 8.77. The second-order valence-corrected chi connectivity index (χ2v) is 2.00. The van der Waals surface area contributed by atoms with E-state index < -0.39 is 17.4 Å². The van der Waals surface area contributed by atoms with Crippen LogP contribution >= 0.6 is 0 Å². The van der Waals surface area contributed by atoms with Crippen LogP contribution in [0, 0.1) is 11.6 Å². The molecule has 1 N–H and O–H groups in total. The second-order valence-electron chi connectivity index (χ2n) is 2.00. The number of halogens is 2. The second kappa shape index (κ2) is 2.70. The highest BCUT2D eigenvalue weighted by Gasteiger charge is 2.08. The van der Waals surface area contributed by atoms with E-state index in [0.29, 0.717) is 0 Å². The molecule has 3 heteroatoms. The van der Waals surface area contributed by atoms with Crippen LogP contribution in [-0.4, -0.2) is 5.11 Å². The molecule has 0 unspecified atom stereocenters. The smallest absolute Gasteiger partial charge is 0.174 e. The average molecular weight is 156 g/mol. The van der Waals surface area contributed by atoms with Crippen molar-refractivity contribution < 1.29 is 13.9 Å². The van der Waals surface area contributed by atoms with Gasteiger partial charge in [-0.2, -0.15) is 0 Å². The highest BCUT2D eigenvalue weighted by molar-refractivity contribution is 5.51. The average Bonchev–Trinajstić information content (AvgIpc) is 1.99. The molecular weight excluding hydrogens is 150 g/mol. The van der Waals surface area contributed by atoms with E-state index in [-0.39, 0.29) is 5.56 Å². The molecule has 1 rings (SSSR count). The minimum Gasteiger partial charge on any atom is -0.505 e. The van der Waals surface area contributed by atoms with Gasteiger partial charge in [0.05, 0.1) is 0 Å². The Labute approximate surface area is 62.6 Å². The van der Waals surface area contributed by atoms with E-state index in [4.69, 9.17) is 5.11 Å². The quantitative estimate of drug-likeness (QED) is 0.661. The third-order valence-corrected chi connectivity index (χ3v) is 1.31. The molecule has 0 saturated heterocycles. The van der Waals surface area contributed by atoms with Gasteiger partial charge < -0.3 is 5.11 Å². The minimum atomic E-state index is -0.972. The molecule has 1 aromatic carbocycles. The maximum atomic E-state index is 12.7. The number of hydrogen-bond acceptors (Lipinski definition) is 1. The zero-order valence-corrected chi connectivity index (χ0v) is 5.64. The van der Waals surface area contributed by atoms with Crippen molar-refractivity contribution in [1.82, 2.24) is 0 Å². The third kappa shape index (κ3) is 1.22. The number of phenols is 1. The van der Waals surface area contributed by atoms with Gasteiger partial charge in [0, 0.05) is 5.56 Å². The molecule has 1 aromatic rings. The van der Waals surface area contributed by atoms with Crippen LogP contribution in [0.4, 0.5) is 8.78 Å². The zero-order valence-electron chi connectivity index (χ0n) is 5.64. The van der Waals surface area contributed by atoms with Crippen LogP contribution in [0.15, 0.2) is 18.7 Å². The molecule has 0 aliphatic rings. The van der Waals surface area contributed by atoms with Crippen LogP contribution in [0.5, 0.6) is 5.75 Å². The van der Waals surface area contributed by atoms with E-state index in [9.17, 15) is 8.78 Å². The fourth-order valence-corrected chi connectivity index (χ4v) is 0.745. The molecule has 58 valence electrons. The first-order valence-electron chi connectivity index (χ1n) is 2.96. The highest BCUT2D eigenvalue weighted by Crippen LogP contribution is 2.22. The van der Waals surface area contributed by atoms with Crippen molar-refractivity contribution in [2.45, 2.75) is 0 Å². The van der Waals surface area contributed by atoms with Gasteiger partial charge in [0.15, 0.2) is 11.6 Å². The summed E-state index contributed by atoms with van der Waals surface area (Å²) in [6, 6.07) is 1.94. The van der Waals surface area contributed by atoms with Gasteiger partial charge in [0.1, 0.15) is 5.82 Å². The van der Waals surface area contributed by atoms with Gasteiger partial charge >= 0.3 is 0 Å². The molecule has 0 heterocycles. The lowest BCUT2D eigenvalue weighted by atomic mass is 10.2. The van der Waals surface area contributed by atoms with Gasteiger partial charge in [-0.15, -0.1) is 0 Å². The maximum absolute atomic E-state index is 12.7. The third-order valence-electron chi connectivity index (χ3n) is 1.31. The molecule has 0 saturated carbocycles. The fraction of sp³-hybridized carbons (Fsp3) is 0. The van der Waals surface area contributed by atoms with E-state index in [1.165, 1.54) is 0 Å². The Hall–Kier alpha value is -1.38. The van der Waals surface area contributed by atoms with Crippen molar-refractivity contribution >= 4 is 6.08 Å². The Morgan fingerprint density at radius 2 is 2.00 bits per heavy atom. The number of aromatic hydroxyl groups is 1. The Balaban J connectivity index is 3.40. The van der Waals surface area contributed by atoms with Gasteiger partial charge in [-0.25, -0.2) is 8.78 Å². The van der Waals surface area contributed by atoms with E-state index >= 15 is 0 Å². The van der Waals surface area contributed by atoms with Crippen LogP contribution in [0.3, 0.4) is 0 Å². The molecule has 0 amide bonds. The molecule has 1 nitrogen and oxygen atoms in total. The van der Waals surface area contributed by atoms with E-state index in [0.717, 1.165) is 18.2 Å². The summed E-state index contributed by atoms with van der Waals surface area (Å²) < 4.78 is 25.3. The summed E-state index contributed by atoms with van der Waals surface area (Å²) in [5.74, 6) is -2.27. The minimum absolute atomic E-state index is 0.301. The van der Waals surface area contributed by atoms with E-state index in [1.54, 1.807) is 0 Å². The van der Waals surface area contributed by atoms with Crippen molar-refractivity contribution in [2.75, 3.05) is 0 Å².